The number of halogens is 3. The monoisotopic (exact) mass is 354 g/mol. The van der Waals surface area contributed by atoms with Gasteiger partial charge in [-0.05, 0) is 75.0 Å². The Balaban J connectivity index is 1.79. The van der Waals surface area contributed by atoms with Gasteiger partial charge in [-0.15, -0.1) is 13.2 Å². The van der Waals surface area contributed by atoms with E-state index in [9.17, 15) is 13.2 Å². The van der Waals surface area contributed by atoms with Crippen LogP contribution < -0.4 is 9.47 Å². The van der Waals surface area contributed by atoms with Crippen molar-refractivity contribution in [1.29, 1.82) is 0 Å². The Morgan fingerprint density at radius 2 is 1.80 bits per heavy atom. The zero-order valence-electron chi connectivity index (χ0n) is 14.6. The molecule has 2 aliphatic rings. The SMILES string of the molecule is Cc1c(C/C=C/C2CCC2)ccc(OC2CCCC2)c1OC(F)(F)F. The molecule has 1 aromatic rings. The standard InChI is InChI=1S/C20H25F3O2/c1-14-16(9-5-8-15-6-4-7-15)12-13-18(19(14)25-20(21,22)23)24-17-10-2-3-11-17/h5,8,12-13,15,17H,2-4,6-7,9-11H2,1H3/b8-5+. The van der Waals surface area contributed by atoms with E-state index >= 15 is 0 Å². The van der Waals surface area contributed by atoms with Crippen molar-refractivity contribution in [1.82, 2.24) is 0 Å². The summed E-state index contributed by atoms with van der Waals surface area (Å²) in [6, 6.07) is 3.48. The molecule has 0 N–H and O–H groups in total. The van der Waals surface area contributed by atoms with Gasteiger partial charge >= 0.3 is 6.36 Å². The van der Waals surface area contributed by atoms with Gasteiger partial charge in [0, 0.05) is 0 Å². The first kappa shape index (κ1) is 18.2. The predicted molar refractivity (Wildman–Crippen MR) is 90.9 cm³/mol. The van der Waals surface area contributed by atoms with Crippen LogP contribution in [0, 0.1) is 12.8 Å². The van der Waals surface area contributed by atoms with E-state index in [1.807, 2.05) is 6.07 Å². The maximum Gasteiger partial charge on any atom is 0.573 e. The highest BCUT2D eigenvalue weighted by Crippen LogP contribution is 2.39. The normalized spacial score (nSPS) is 19.4. The molecule has 0 aromatic heterocycles. The van der Waals surface area contributed by atoms with Crippen molar-refractivity contribution in [2.45, 2.75) is 70.8 Å². The fourth-order valence-electron chi connectivity index (χ4n) is 3.47. The smallest absolute Gasteiger partial charge is 0.487 e. The lowest BCUT2D eigenvalue weighted by molar-refractivity contribution is -0.275. The van der Waals surface area contributed by atoms with Crippen LogP contribution in [0.2, 0.25) is 0 Å². The maximum absolute atomic E-state index is 12.9. The summed E-state index contributed by atoms with van der Waals surface area (Å²) in [5, 5.41) is 0. The number of hydrogen-bond acceptors (Lipinski definition) is 2. The molecule has 0 radical (unpaired) electrons. The van der Waals surface area contributed by atoms with E-state index in [1.54, 1.807) is 13.0 Å². The molecule has 1 aromatic carbocycles. The van der Waals surface area contributed by atoms with E-state index in [0.29, 0.717) is 17.9 Å². The molecular formula is C20H25F3O2. The third-order valence-electron chi connectivity index (χ3n) is 5.19. The molecule has 5 heteroatoms. The summed E-state index contributed by atoms with van der Waals surface area (Å²) in [5.41, 5.74) is 1.35. The van der Waals surface area contributed by atoms with Crippen LogP contribution in [0.5, 0.6) is 11.5 Å². The lowest BCUT2D eigenvalue weighted by Crippen LogP contribution is -2.20. The van der Waals surface area contributed by atoms with Gasteiger partial charge in [-0.25, -0.2) is 0 Å². The van der Waals surface area contributed by atoms with Crippen molar-refractivity contribution in [3.63, 3.8) is 0 Å². The minimum atomic E-state index is -4.72. The van der Waals surface area contributed by atoms with E-state index in [4.69, 9.17) is 4.74 Å². The third-order valence-corrected chi connectivity index (χ3v) is 5.19. The minimum Gasteiger partial charge on any atom is -0.487 e. The average molecular weight is 354 g/mol. The topological polar surface area (TPSA) is 18.5 Å². The molecule has 0 heterocycles. The van der Waals surface area contributed by atoms with Crippen LogP contribution in [-0.4, -0.2) is 12.5 Å². The zero-order valence-corrected chi connectivity index (χ0v) is 14.6. The summed E-state index contributed by atoms with van der Waals surface area (Å²) < 4.78 is 48.7. The Kier molecular flexibility index (Phi) is 5.60. The second-order valence-corrected chi connectivity index (χ2v) is 7.07. The second kappa shape index (κ2) is 7.71. The first-order valence-corrected chi connectivity index (χ1v) is 9.14. The molecule has 2 saturated carbocycles. The van der Waals surface area contributed by atoms with E-state index in [-0.39, 0.29) is 17.6 Å². The zero-order chi connectivity index (χ0) is 17.9. The van der Waals surface area contributed by atoms with Crippen molar-refractivity contribution in [3.05, 3.63) is 35.4 Å². The Labute approximate surface area is 147 Å². The largest absolute Gasteiger partial charge is 0.573 e. The highest BCUT2D eigenvalue weighted by molar-refractivity contribution is 5.51. The van der Waals surface area contributed by atoms with Gasteiger partial charge in [-0.2, -0.15) is 0 Å². The van der Waals surface area contributed by atoms with Crippen LogP contribution in [0.1, 0.15) is 56.1 Å². The van der Waals surface area contributed by atoms with Gasteiger partial charge in [0.2, 0.25) is 0 Å². The highest BCUT2D eigenvalue weighted by atomic mass is 19.4. The summed E-state index contributed by atoms with van der Waals surface area (Å²) in [6.07, 6.45) is 7.69. The third kappa shape index (κ3) is 4.93. The molecule has 2 fully saturated rings. The summed E-state index contributed by atoms with van der Waals surface area (Å²) in [7, 11) is 0. The van der Waals surface area contributed by atoms with Gasteiger partial charge < -0.3 is 9.47 Å². The van der Waals surface area contributed by atoms with Gasteiger partial charge in [-0.1, -0.05) is 24.6 Å². The fraction of sp³-hybridized carbons (Fsp3) is 0.600. The quantitative estimate of drug-likeness (QED) is 0.574. The number of rotatable bonds is 6. The Hall–Kier alpha value is -1.65. The van der Waals surface area contributed by atoms with Crippen molar-refractivity contribution in [2.24, 2.45) is 5.92 Å². The first-order chi connectivity index (χ1) is 11.9. The molecule has 0 atom stereocenters. The van der Waals surface area contributed by atoms with Crippen LogP contribution in [0.15, 0.2) is 24.3 Å². The fourth-order valence-corrected chi connectivity index (χ4v) is 3.47. The summed E-state index contributed by atoms with van der Waals surface area (Å²) in [4.78, 5) is 0. The minimum absolute atomic E-state index is 0.0145. The number of benzene rings is 1. The van der Waals surface area contributed by atoms with Crippen LogP contribution >= 0.6 is 0 Å². The number of allylic oxidation sites excluding steroid dienone is 2. The molecular weight excluding hydrogens is 329 g/mol. The Morgan fingerprint density at radius 1 is 1.08 bits per heavy atom. The summed E-state index contributed by atoms with van der Waals surface area (Å²) in [6.45, 7) is 1.68. The summed E-state index contributed by atoms with van der Waals surface area (Å²) >= 11 is 0. The van der Waals surface area contributed by atoms with Crippen LogP contribution in [-0.2, 0) is 6.42 Å². The summed E-state index contributed by atoms with van der Waals surface area (Å²) in [5.74, 6) is 0.651. The molecule has 138 valence electrons. The van der Waals surface area contributed by atoms with Gasteiger partial charge in [0.15, 0.2) is 11.5 Å². The molecule has 3 rings (SSSR count). The Bertz CT molecular complexity index is 612. The molecule has 0 amide bonds. The van der Waals surface area contributed by atoms with Crippen molar-refractivity contribution in [2.75, 3.05) is 0 Å². The molecule has 2 nitrogen and oxygen atoms in total. The van der Waals surface area contributed by atoms with E-state index in [0.717, 1.165) is 31.2 Å². The molecule has 0 saturated heterocycles. The van der Waals surface area contributed by atoms with Gasteiger partial charge in [0.1, 0.15) is 0 Å². The van der Waals surface area contributed by atoms with E-state index < -0.39 is 6.36 Å². The van der Waals surface area contributed by atoms with Crippen LogP contribution in [0.4, 0.5) is 13.2 Å². The Morgan fingerprint density at radius 3 is 2.40 bits per heavy atom. The molecule has 0 aliphatic heterocycles. The number of ether oxygens (including phenoxy) is 2. The van der Waals surface area contributed by atoms with Crippen LogP contribution in [0.3, 0.4) is 0 Å². The van der Waals surface area contributed by atoms with Crippen molar-refractivity contribution >= 4 is 0 Å². The number of hydrogen-bond donors (Lipinski definition) is 0. The molecule has 2 aliphatic carbocycles. The first-order valence-electron chi connectivity index (χ1n) is 9.14. The van der Waals surface area contributed by atoms with E-state index in [2.05, 4.69) is 16.9 Å². The average Bonchev–Trinajstić information content (AvgIpc) is 2.99. The second-order valence-electron chi connectivity index (χ2n) is 7.07. The molecule has 25 heavy (non-hydrogen) atoms. The number of alkyl halides is 3. The van der Waals surface area contributed by atoms with E-state index in [1.165, 1.54) is 19.3 Å². The van der Waals surface area contributed by atoms with Gasteiger partial charge in [0.05, 0.1) is 6.10 Å². The molecule has 0 unspecified atom stereocenters. The molecule has 0 spiro atoms. The predicted octanol–water partition coefficient (Wildman–Crippen LogP) is 6.11. The van der Waals surface area contributed by atoms with Crippen LogP contribution in [0.25, 0.3) is 0 Å². The maximum atomic E-state index is 12.9. The lowest BCUT2D eigenvalue weighted by atomic mass is 9.85. The van der Waals surface area contributed by atoms with Crippen molar-refractivity contribution in [3.8, 4) is 11.5 Å². The highest BCUT2D eigenvalue weighted by Gasteiger charge is 2.34. The van der Waals surface area contributed by atoms with Gasteiger partial charge in [-0.3, -0.25) is 0 Å². The van der Waals surface area contributed by atoms with Gasteiger partial charge in [0.25, 0.3) is 0 Å². The van der Waals surface area contributed by atoms with Crippen molar-refractivity contribution < 1.29 is 22.6 Å². The molecule has 0 bridgehead atoms. The lowest BCUT2D eigenvalue weighted by Gasteiger charge is -2.22.